The zero-order chi connectivity index (χ0) is 16.3. The molecule has 6 heteroatoms. The van der Waals surface area contributed by atoms with Crippen LogP contribution in [0.4, 0.5) is 0 Å². The first-order valence-electron chi connectivity index (χ1n) is 7.50. The summed E-state index contributed by atoms with van der Waals surface area (Å²) >= 11 is 1.70. The molecular formula is C15H29NO4S. The molecule has 0 rings (SSSR count). The fourth-order valence-corrected chi connectivity index (χ4v) is 2.40. The summed E-state index contributed by atoms with van der Waals surface area (Å²) < 4.78 is 10.5. The number of hydrogen-bond donors (Lipinski definition) is 1. The van der Waals surface area contributed by atoms with Crippen LogP contribution in [-0.2, 0) is 19.1 Å². The molecule has 0 saturated carbocycles. The van der Waals surface area contributed by atoms with Crippen molar-refractivity contribution in [3.05, 3.63) is 0 Å². The fourth-order valence-electron chi connectivity index (χ4n) is 1.90. The minimum absolute atomic E-state index is 0.0263. The SMILES string of the molecule is CCOC(=O)CCCC(=O)C(OC(C)C)C(N)CCSC. The number of Topliss-reactive ketones (excluding diaryl/α,β-unsaturated/α-hetero) is 1. The molecule has 0 aromatic rings. The molecule has 0 aliphatic rings. The molecule has 0 aromatic carbocycles. The molecule has 2 atom stereocenters. The summed E-state index contributed by atoms with van der Waals surface area (Å²) in [5.41, 5.74) is 6.08. The second kappa shape index (κ2) is 12.0. The molecule has 124 valence electrons. The Balaban J connectivity index is 4.33. The highest BCUT2D eigenvalue weighted by molar-refractivity contribution is 7.98. The Labute approximate surface area is 132 Å². The van der Waals surface area contributed by atoms with Crippen LogP contribution in [0.2, 0.25) is 0 Å². The van der Waals surface area contributed by atoms with Crippen LogP contribution in [0.1, 0.15) is 46.5 Å². The third kappa shape index (κ3) is 9.87. The number of rotatable bonds is 12. The maximum absolute atomic E-state index is 12.3. The lowest BCUT2D eigenvalue weighted by molar-refractivity contribution is -0.143. The first kappa shape index (κ1) is 20.4. The summed E-state index contributed by atoms with van der Waals surface area (Å²) in [6.45, 7) is 5.91. The van der Waals surface area contributed by atoms with Crippen molar-refractivity contribution < 1.29 is 19.1 Å². The third-order valence-corrected chi connectivity index (χ3v) is 3.53. The standard InChI is InChI=1S/C15H29NO4S/c1-5-19-14(18)8-6-7-13(17)15(20-11(2)3)12(16)9-10-21-4/h11-12,15H,5-10,16H2,1-4H3. The largest absolute Gasteiger partial charge is 0.466 e. The van der Waals surface area contributed by atoms with Crippen LogP contribution < -0.4 is 5.73 Å². The fraction of sp³-hybridized carbons (Fsp3) is 0.867. The second-order valence-electron chi connectivity index (χ2n) is 5.18. The van der Waals surface area contributed by atoms with E-state index in [0.717, 1.165) is 12.2 Å². The number of esters is 1. The van der Waals surface area contributed by atoms with Crippen LogP contribution in [-0.4, -0.2) is 48.6 Å². The van der Waals surface area contributed by atoms with Gasteiger partial charge in [-0.25, -0.2) is 0 Å². The van der Waals surface area contributed by atoms with Gasteiger partial charge in [-0.15, -0.1) is 0 Å². The Bertz CT molecular complexity index is 310. The van der Waals surface area contributed by atoms with Crippen LogP contribution in [0.5, 0.6) is 0 Å². The van der Waals surface area contributed by atoms with Gasteiger partial charge in [0.05, 0.1) is 12.7 Å². The van der Waals surface area contributed by atoms with E-state index in [1.807, 2.05) is 20.1 Å². The lowest BCUT2D eigenvalue weighted by atomic mass is 10.0. The van der Waals surface area contributed by atoms with Gasteiger partial charge in [0, 0.05) is 18.9 Å². The first-order valence-corrected chi connectivity index (χ1v) is 8.90. The van der Waals surface area contributed by atoms with E-state index in [9.17, 15) is 9.59 Å². The minimum Gasteiger partial charge on any atom is -0.466 e. The van der Waals surface area contributed by atoms with Crippen molar-refractivity contribution >= 4 is 23.5 Å². The lowest BCUT2D eigenvalue weighted by Gasteiger charge is -2.25. The summed E-state index contributed by atoms with van der Waals surface area (Å²) in [6.07, 6.45) is 3.14. The number of hydrogen-bond acceptors (Lipinski definition) is 6. The number of nitrogens with two attached hydrogens (primary N) is 1. The van der Waals surface area contributed by atoms with E-state index in [1.54, 1.807) is 18.7 Å². The Kier molecular flexibility index (Phi) is 11.7. The topological polar surface area (TPSA) is 78.6 Å². The predicted molar refractivity (Wildman–Crippen MR) is 86.5 cm³/mol. The minimum atomic E-state index is -0.584. The van der Waals surface area contributed by atoms with Crippen LogP contribution in [0.3, 0.4) is 0 Å². The van der Waals surface area contributed by atoms with E-state index in [-0.39, 0.29) is 30.3 Å². The van der Waals surface area contributed by atoms with E-state index in [2.05, 4.69) is 0 Å². The molecule has 2 unspecified atom stereocenters. The average molecular weight is 319 g/mol. The molecule has 21 heavy (non-hydrogen) atoms. The van der Waals surface area contributed by atoms with E-state index in [4.69, 9.17) is 15.2 Å². The Morgan fingerprint density at radius 2 is 1.90 bits per heavy atom. The average Bonchev–Trinajstić information content (AvgIpc) is 2.42. The van der Waals surface area contributed by atoms with Gasteiger partial charge < -0.3 is 15.2 Å². The summed E-state index contributed by atoms with van der Waals surface area (Å²) in [7, 11) is 0. The van der Waals surface area contributed by atoms with Gasteiger partial charge in [-0.1, -0.05) is 0 Å². The molecule has 0 aromatic heterocycles. The van der Waals surface area contributed by atoms with Gasteiger partial charge in [-0.3, -0.25) is 9.59 Å². The van der Waals surface area contributed by atoms with Crippen molar-refractivity contribution in [3.8, 4) is 0 Å². The van der Waals surface area contributed by atoms with Gasteiger partial charge in [0.1, 0.15) is 6.10 Å². The highest BCUT2D eigenvalue weighted by Crippen LogP contribution is 2.13. The number of ketones is 1. The summed E-state index contributed by atoms with van der Waals surface area (Å²) in [5, 5.41) is 0. The Morgan fingerprint density at radius 1 is 1.24 bits per heavy atom. The molecule has 0 aliphatic carbocycles. The van der Waals surface area contributed by atoms with Crippen LogP contribution in [0.15, 0.2) is 0 Å². The maximum atomic E-state index is 12.3. The number of carbonyl (C=O) groups excluding carboxylic acids is 2. The van der Waals surface area contributed by atoms with Gasteiger partial charge in [0.2, 0.25) is 0 Å². The third-order valence-electron chi connectivity index (χ3n) is 2.89. The molecule has 2 N–H and O–H groups in total. The zero-order valence-electron chi connectivity index (χ0n) is 13.6. The van der Waals surface area contributed by atoms with Crippen LogP contribution in [0.25, 0.3) is 0 Å². The van der Waals surface area contributed by atoms with Gasteiger partial charge >= 0.3 is 5.97 Å². The number of ether oxygens (including phenoxy) is 2. The van der Waals surface area contributed by atoms with E-state index in [1.165, 1.54) is 0 Å². The molecule has 0 spiro atoms. The Hall–Kier alpha value is -0.590. The monoisotopic (exact) mass is 319 g/mol. The zero-order valence-corrected chi connectivity index (χ0v) is 14.4. The van der Waals surface area contributed by atoms with Crippen molar-refractivity contribution in [3.63, 3.8) is 0 Å². The van der Waals surface area contributed by atoms with Crippen molar-refractivity contribution in [1.29, 1.82) is 0 Å². The molecule has 0 bridgehead atoms. The quantitative estimate of drug-likeness (QED) is 0.555. The predicted octanol–water partition coefficient (Wildman–Crippen LogP) is 2.16. The summed E-state index contributed by atoms with van der Waals surface area (Å²) in [4.78, 5) is 23.5. The lowest BCUT2D eigenvalue weighted by Crippen LogP contribution is -2.44. The van der Waals surface area contributed by atoms with Crippen molar-refractivity contribution in [1.82, 2.24) is 0 Å². The van der Waals surface area contributed by atoms with E-state index < -0.39 is 6.10 Å². The maximum Gasteiger partial charge on any atom is 0.305 e. The van der Waals surface area contributed by atoms with Gasteiger partial charge in [-0.05, 0) is 45.6 Å². The number of thioether (sulfide) groups is 1. The Morgan fingerprint density at radius 3 is 2.43 bits per heavy atom. The molecule has 0 heterocycles. The first-order chi connectivity index (χ1) is 9.92. The van der Waals surface area contributed by atoms with E-state index >= 15 is 0 Å². The highest BCUT2D eigenvalue weighted by atomic mass is 32.2. The molecule has 0 radical (unpaired) electrons. The molecular weight excluding hydrogens is 290 g/mol. The highest BCUT2D eigenvalue weighted by Gasteiger charge is 2.26. The summed E-state index contributed by atoms with van der Waals surface area (Å²) in [5.74, 6) is 0.606. The number of carbonyl (C=O) groups is 2. The van der Waals surface area contributed by atoms with Crippen molar-refractivity contribution in [2.75, 3.05) is 18.6 Å². The molecule has 0 amide bonds. The molecule has 0 saturated heterocycles. The van der Waals surface area contributed by atoms with E-state index in [0.29, 0.717) is 19.4 Å². The molecule has 0 fully saturated rings. The molecule has 0 aliphatic heterocycles. The van der Waals surface area contributed by atoms with Crippen LogP contribution >= 0.6 is 11.8 Å². The second-order valence-corrected chi connectivity index (χ2v) is 6.16. The van der Waals surface area contributed by atoms with Gasteiger partial charge in [0.15, 0.2) is 5.78 Å². The van der Waals surface area contributed by atoms with Crippen molar-refractivity contribution in [2.24, 2.45) is 5.73 Å². The van der Waals surface area contributed by atoms with Gasteiger partial charge in [-0.2, -0.15) is 11.8 Å². The summed E-state index contributed by atoms with van der Waals surface area (Å²) in [6, 6.07) is -0.296. The van der Waals surface area contributed by atoms with Crippen molar-refractivity contribution in [2.45, 2.75) is 64.7 Å². The van der Waals surface area contributed by atoms with Crippen LogP contribution in [0, 0.1) is 0 Å². The normalized spacial score (nSPS) is 14.0. The molecule has 5 nitrogen and oxygen atoms in total. The van der Waals surface area contributed by atoms with Gasteiger partial charge in [0.25, 0.3) is 0 Å². The smallest absolute Gasteiger partial charge is 0.305 e.